The number of hydrazine groups is 1. The van der Waals surface area contributed by atoms with Gasteiger partial charge in [0.2, 0.25) is 0 Å². The molecule has 0 aliphatic rings. The molecule has 0 spiro atoms. The molecule has 1 rings (SSSR count). The summed E-state index contributed by atoms with van der Waals surface area (Å²) in [4.78, 5) is 10.6. The summed E-state index contributed by atoms with van der Waals surface area (Å²) in [5, 5.41) is 9.15. The Kier molecular flexibility index (Phi) is 4.65. The molecule has 1 unspecified atom stereocenters. The topological polar surface area (TPSA) is 87.3 Å². The SMILES string of the molecule is CC(C)c1nc(NN)cc(N(C)C(C)CO)n1. The summed E-state index contributed by atoms with van der Waals surface area (Å²) in [5.74, 6) is 7.67. The fourth-order valence-corrected chi connectivity index (χ4v) is 1.31. The number of hydrogen-bond acceptors (Lipinski definition) is 6. The van der Waals surface area contributed by atoms with E-state index in [0.29, 0.717) is 5.82 Å². The van der Waals surface area contributed by atoms with E-state index in [1.54, 1.807) is 6.07 Å². The summed E-state index contributed by atoms with van der Waals surface area (Å²) in [5.41, 5.74) is 2.53. The first kappa shape index (κ1) is 13.7. The van der Waals surface area contributed by atoms with Gasteiger partial charge in [0.15, 0.2) is 0 Å². The highest BCUT2D eigenvalue weighted by Crippen LogP contribution is 2.19. The number of nitrogens with two attached hydrogens (primary N) is 1. The van der Waals surface area contributed by atoms with Crippen molar-refractivity contribution in [1.29, 1.82) is 0 Å². The normalized spacial score (nSPS) is 12.6. The van der Waals surface area contributed by atoms with Crippen LogP contribution < -0.4 is 16.2 Å². The Bertz CT molecular complexity index is 369. The highest BCUT2D eigenvalue weighted by atomic mass is 16.3. The minimum absolute atomic E-state index is 0.00413. The number of aromatic nitrogens is 2. The van der Waals surface area contributed by atoms with Crippen LogP contribution in [-0.2, 0) is 0 Å². The van der Waals surface area contributed by atoms with Crippen LogP contribution in [0.25, 0.3) is 0 Å². The van der Waals surface area contributed by atoms with Crippen molar-refractivity contribution in [2.75, 3.05) is 24.0 Å². The van der Waals surface area contributed by atoms with Crippen LogP contribution in [0.4, 0.5) is 11.6 Å². The van der Waals surface area contributed by atoms with E-state index in [1.807, 2.05) is 32.7 Å². The average Bonchev–Trinajstić information content (AvgIpc) is 2.36. The zero-order valence-electron chi connectivity index (χ0n) is 10.8. The zero-order valence-corrected chi connectivity index (χ0v) is 10.8. The van der Waals surface area contributed by atoms with E-state index in [0.717, 1.165) is 11.6 Å². The smallest absolute Gasteiger partial charge is 0.145 e. The van der Waals surface area contributed by atoms with Gasteiger partial charge >= 0.3 is 0 Å². The molecule has 0 saturated carbocycles. The molecule has 96 valence electrons. The maximum absolute atomic E-state index is 9.15. The molecule has 0 aliphatic carbocycles. The minimum atomic E-state index is -0.00413. The van der Waals surface area contributed by atoms with Crippen LogP contribution in [0.5, 0.6) is 0 Å². The lowest BCUT2D eigenvalue weighted by atomic mass is 10.2. The molecule has 0 amide bonds. The number of anilines is 2. The maximum Gasteiger partial charge on any atom is 0.145 e. The molecule has 0 bridgehead atoms. The van der Waals surface area contributed by atoms with Gasteiger partial charge in [-0.1, -0.05) is 13.8 Å². The van der Waals surface area contributed by atoms with Gasteiger partial charge in [0.25, 0.3) is 0 Å². The van der Waals surface area contributed by atoms with Crippen molar-refractivity contribution in [2.24, 2.45) is 5.84 Å². The number of rotatable bonds is 5. The second-order valence-electron chi connectivity index (χ2n) is 4.41. The van der Waals surface area contributed by atoms with Crippen LogP contribution in [0.2, 0.25) is 0 Å². The van der Waals surface area contributed by atoms with Crippen molar-refractivity contribution in [3.8, 4) is 0 Å². The van der Waals surface area contributed by atoms with Gasteiger partial charge in [-0.3, -0.25) is 0 Å². The van der Waals surface area contributed by atoms with Crippen molar-refractivity contribution >= 4 is 11.6 Å². The van der Waals surface area contributed by atoms with Gasteiger partial charge in [-0.25, -0.2) is 15.8 Å². The lowest BCUT2D eigenvalue weighted by Crippen LogP contribution is -2.33. The first-order valence-electron chi connectivity index (χ1n) is 5.68. The molecule has 0 saturated heterocycles. The van der Waals surface area contributed by atoms with E-state index < -0.39 is 0 Å². The van der Waals surface area contributed by atoms with Crippen molar-refractivity contribution in [1.82, 2.24) is 9.97 Å². The fraction of sp³-hybridized carbons (Fsp3) is 0.636. The Hall–Kier alpha value is -1.40. The Morgan fingerprint density at radius 1 is 1.41 bits per heavy atom. The van der Waals surface area contributed by atoms with E-state index >= 15 is 0 Å². The number of likely N-dealkylation sites (N-methyl/N-ethyl adjacent to an activating group) is 1. The van der Waals surface area contributed by atoms with Gasteiger partial charge < -0.3 is 15.4 Å². The standard InChI is InChI=1S/C11H21N5O/c1-7(2)11-13-9(15-12)5-10(14-11)16(4)8(3)6-17/h5,7-8,17H,6,12H2,1-4H3,(H,13,14,15). The van der Waals surface area contributed by atoms with E-state index in [2.05, 4.69) is 15.4 Å². The first-order chi connectivity index (χ1) is 7.99. The molecule has 0 aliphatic heterocycles. The van der Waals surface area contributed by atoms with Gasteiger partial charge in [0.1, 0.15) is 17.5 Å². The summed E-state index contributed by atoms with van der Waals surface area (Å²) >= 11 is 0. The number of nitrogen functional groups attached to an aromatic ring is 1. The highest BCUT2D eigenvalue weighted by molar-refractivity contribution is 5.49. The number of hydrogen-bond donors (Lipinski definition) is 3. The summed E-state index contributed by atoms with van der Waals surface area (Å²) in [6.45, 7) is 6.04. The lowest BCUT2D eigenvalue weighted by Gasteiger charge is -2.25. The number of aliphatic hydroxyl groups is 1. The first-order valence-corrected chi connectivity index (χ1v) is 5.68. The highest BCUT2D eigenvalue weighted by Gasteiger charge is 2.14. The van der Waals surface area contributed by atoms with Crippen LogP contribution in [0, 0.1) is 0 Å². The number of aliphatic hydroxyl groups excluding tert-OH is 1. The maximum atomic E-state index is 9.15. The van der Waals surface area contributed by atoms with E-state index in [1.165, 1.54) is 0 Å². The molecule has 1 aromatic rings. The molecule has 17 heavy (non-hydrogen) atoms. The Morgan fingerprint density at radius 3 is 2.53 bits per heavy atom. The minimum Gasteiger partial charge on any atom is -0.394 e. The Balaban J connectivity index is 3.10. The van der Waals surface area contributed by atoms with Crippen LogP contribution in [-0.4, -0.2) is 34.8 Å². The Labute approximate surface area is 102 Å². The molecule has 1 heterocycles. The second kappa shape index (κ2) is 5.79. The summed E-state index contributed by atoms with van der Waals surface area (Å²) in [6.07, 6.45) is 0. The molecule has 4 N–H and O–H groups in total. The molecular weight excluding hydrogens is 218 g/mol. The second-order valence-corrected chi connectivity index (χ2v) is 4.41. The van der Waals surface area contributed by atoms with Crippen LogP contribution >= 0.6 is 0 Å². The molecule has 1 atom stereocenters. The number of nitrogens with zero attached hydrogens (tertiary/aromatic N) is 3. The van der Waals surface area contributed by atoms with Gasteiger partial charge in [0, 0.05) is 19.0 Å². The Morgan fingerprint density at radius 2 is 2.06 bits per heavy atom. The van der Waals surface area contributed by atoms with Crippen molar-refractivity contribution < 1.29 is 5.11 Å². The van der Waals surface area contributed by atoms with Crippen molar-refractivity contribution in [3.63, 3.8) is 0 Å². The van der Waals surface area contributed by atoms with Gasteiger partial charge in [-0.15, -0.1) is 0 Å². The van der Waals surface area contributed by atoms with Crippen LogP contribution in [0.15, 0.2) is 6.07 Å². The van der Waals surface area contributed by atoms with Gasteiger partial charge in [0.05, 0.1) is 12.6 Å². The molecular formula is C11H21N5O. The molecule has 0 aromatic carbocycles. The van der Waals surface area contributed by atoms with Crippen molar-refractivity contribution in [3.05, 3.63) is 11.9 Å². The molecule has 6 nitrogen and oxygen atoms in total. The average molecular weight is 239 g/mol. The summed E-state index contributed by atoms with van der Waals surface area (Å²) in [6, 6.07) is 1.76. The largest absolute Gasteiger partial charge is 0.394 e. The van der Waals surface area contributed by atoms with E-state index in [-0.39, 0.29) is 18.6 Å². The molecule has 0 radical (unpaired) electrons. The van der Waals surface area contributed by atoms with Gasteiger partial charge in [-0.2, -0.15) is 0 Å². The predicted molar refractivity (Wildman–Crippen MR) is 68.9 cm³/mol. The molecule has 0 fully saturated rings. The third kappa shape index (κ3) is 3.28. The van der Waals surface area contributed by atoms with Crippen molar-refractivity contribution in [2.45, 2.75) is 32.7 Å². The molecule has 1 aromatic heterocycles. The zero-order chi connectivity index (χ0) is 13.0. The van der Waals surface area contributed by atoms with E-state index in [4.69, 9.17) is 10.9 Å². The lowest BCUT2D eigenvalue weighted by molar-refractivity contribution is 0.269. The monoisotopic (exact) mass is 239 g/mol. The summed E-state index contributed by atoms with van der Waals surface area (Å²) < 4.78 is 0. The third-order valence-corrected chi connectivity index (χ3v) is 2.68. The predicted octanol–water partition coefficient (Wildman–Crippen LogP) is 0.703. The van der Waals surface area contributed by atoms with Crippen LogP contribution in [0.1, 0.15) is 32.5 Å². The molecule has 6 heteroatoms. The fourth-order valence-electron chi connectivity index (χ4n) is 1.31. The summed E-state index contributed by atoms with van der Waals surface area (Å²) in [7, 11) is 1.88. The number of nitrogens with one attached hydrogen (secondary N) is 1. The van der Waals surface area contributed by atoms with Gasteiger partial charge in [-0.05, 0) is 6.92 Å². The third-order valence-electron chi connectivity index (χ3n) is 2.68. The van der Waals surface area contributed by atoms with E-state index in [9.17, 15) is 0 Å². The quantitative estimate of drug-likeness (QED) is 0.518. The van der Waals surface area contributed by atoms with Crippen LogP contribution in [0.3, 0.4) is 0 Å².